The highest BCUT2D eigenvalue weighted by Crippen LogP contribution is 2.37. The summed E-state index contributed by atoms with van der Waals surface area (Å²) in [7, 11) is 2.94. The average Bonchev–Trinajstić information content (AvgIpc) is 2.66. The van der Waals surface area contributed by atoms with Crippen LogP contribution in [0.3, 0.4) is 0 Å². The van der Waals surface area contributed by atoms with Gasteiger partial charge in [-0.25, -0.2) is 0 Å². The SMILES string of the molecule is COc1cc(CC[C@@H](O)C[C@@H](O)CCc2ccc(O)cc2)cc(OC)c1O. The summed E-state index contributed by atoms with van der Waals surface area (Å²) in [4.78, 5) is 0. The van der Waals surface area contributed by atoms with Crippen LogP contribution in [0.2, 0.25) is 0 Å². The molecule has 6 nitrogen and oxygen atoms in total. The molecule has 27 heavy (non-hydrogen) atoms. The summed E-state index contributed by atoms with van der Waals surface area (Å²) in [6.07, 6.45) is 1.34. The Kier molecular flexibility index (Phi) is 7.76. The number of aromatic hydroxyl groups is 2. The molecule has 0 aliphatic rings. The van der Waals surface area contributed by atoms with E-state index in [0.717, 1.165) is 11.1 Å². The van der Waals surface area contributed by atoms with Crippen molar-refractivity contribution in [3.8, 4) is 23.0 Å². The summed E-state index contributed by atoms with van der Waals surface area (Å²) in [5.41, 5.74) is 1.91. The third-order valence-corrected chi connectivity index (χ3v) is 4.55. The summed E-state index contributed by atoms with van der Waals surface area (Å²) in [6.45, 7) is 0. The molecule has 2 atom stereocenters. The number of ether oxygens (including phenoxy) is 2. The van der Waals surface area contributed by atoms with Crippen LogP contribution in [-0.2, 0) is 12.8 Å². The minimum absolute atomic E-state index is 0.0473. The van der Waals surface area contributed by atoms with Crippen LogP contribution >= 0.6 is 0 Å². The van der Waals surface area contributed by atoms with Crippen LogP contribution in [0.5, 0.6) is 23.0 Å². The molecule has 6 heteroatoms. The van der Waals surface area contributed by atoms with Crippen LogP contribution in [0.1, 0.15) is 30.4 Å². The lowest BCUT2D eigenvalue weighted by molar-refractivity contribution is 0.0714. The molecule has 2 aromatic rings. The quantitative estimate of drug-likeness (QED) is 0.509. The molecule has 0 aliphatic heterocycles. The molecule has 2 aromatic carbocycles. The zero-order valence-electron chi connectivity index (χ0n) is 15.8. The third-order valence-electron chi connectivity index (χ3n) is 4.55. The first-order valence-electron chi connectivity index (χ1n) is 9.00. The predicted octanol–water partition coefficient (Wildman–Crippen LogP) is 2.79. The zero-order chi connectivity index (χ0) is 19.8. The second-order valence-corrected chi connectivity index (χ2v) is 6.64. The Morgan fingerprint density at radius 3 is 1.74 bits per heavy atom. The number of benzene rings is 2. The Labute approximate surface area is 159 Å². The summed E-state index contributed by atoms with van der Waals surface area (Å²) in [5, 5.41) is 39.6. The van der Waals surface area contributed by atoms with E-state index in [0.29, 0.717) is 43.6 Å². The van der Waals surface area contributed by atoms with Crippen LogP contribution < -0.4 is 9.47 Å². The van der Waals surface area contributed by atoms with Crippen molar-refractivity contribution in [2.24, 2.45) is 0 Å². The van der Waals surface area contributed by atoms with Gasteiger partial charge in [0.1, 0.15) is 5.75 Å². The van der Waals surface area contributed by atoms with E-state index in [2.05, 4.69) is 0 Å². The van der Waals surface area contributed by atoms with Crippen molar-refractivity contribution in [2.75, 3.05) is 14.2 Å². The summed E-state index contributed by atoms with van der Waals surface area (Å²) in [5.74, 6) is 0.826. The van der Waals surface area contributed by atoms with Crippen LogP contribution in [0, 0.1) is 0 Å². The summed E-state index contributed by atoms with van der Waals surface area (Å²) >= 11 is 0. The second kappa shape index (κ2) is 10.0. The van der Waals surface area contributed by atoms with Gasteiger partial charge in [-0.3, -0.25) is 0 Å². The summed E-state index contributed by atoms with van der Waals surface area (Å²) < 4.78 is 10.3. The minimum Gasteiger partial charge on any atom is -0.508 e. The maximum atomic E-state index is 10.2. The highest BCUT2D eigenvalue weighted by molar-refractivity contribution is 5.52. The van der Waals surface area contributed by atoms with Gasteiger partial charge in [-0.2, -0.15) is 0 Å². The van der Waals surface area contributed by atoms with Crippen LogP contribution in [-0.4, -0.2) is 46.9 Å². The molecule has 0 unspecified atom stereocenters. The van der Waals surface area contributed by atoms with Crippen LogP contribution in [0.15, 0.2) is 36.4 Å². The predicted molar refractivity (Wildman–Crippen MR) is 103 cm³/mol. The number of rotatable bonds is 10. The lowest BCUT2D eigenvalue weighted by atomic mass is 9.99. The van der Waals surface area contributed by atoms with Gasteiger partial charge in [0.05, 0.1) is 26.4 Å². The van der Waals surface area contributed by atoms with Gasteiger partial charge in [0, 0.05) is 0 Å². The Hall–Kier alpha value is -2.44. The third kappa shape index (κ3) is 6.34. The molecular formula is C21H28O6. The zero-order valence-corrected chi connectivity index (χ0v) is 15.8. The topological polar surface area (TPSA) is 99.4 Å². The summed E-state index contributed by atoms with van der Waals surface area (Å²) in [6, 6.07) is 10.3. The molecule has 0 heterocycles. The molecular weight excluding hydrogens is 348 g/mol. The molecule has 0 amide bonds. The van der Waals surface area contributed by atoms with Crippen LogP contribution in [0.4, 0.5) is 0 Å². The molecule has 0 saturated carbocycles. The number of aliphatic hydroxyl groups is 2. The van der Waals surface area contributed by atoms with Crippen molar-refractivity contribution in [3.63, 3.8) is 0 Å². The first-order valence-corrected chi connectivity index (χ1v) is 9.00. The Morgan fingerprint density at radius 1 is 0.778 bits per heavy atom. The Balaban J connectivity index is 1.81. The van der Waals surface area contributed by atoms with Gasteiger partial charge in [-0.05, 0) is 67.5 Å². The number of aryl methyl sites for hydroxylation is 2. The maximum absolute atomic E-state index is 10.2. The Morgan fingerprint density at radius 2 is 1.26 bits per heavy atom. The number of phenolic OH excluding ortho intramolecular Hbond substituents is 2. The van der Waals surface area contributed by atoms with Crippen LogP contribution in [0.25, 0.3) is 0 Å². The second-order valence-electron chi connectivity index (χ2n) is 6.64. The molecule has 4 N–H and O–H groups in total. The number of phenols is 2. The van der Waals surface area contributed by atoms with E-state index in [1.54, 1.807) is 24.3 Å². The average molecular weight is 376 g/mol. The van der Waals surface area contributed by atoms with Crippen molar-refractivity contribution in [1.82, 2.24) is 0 Å². The molecule has 0 bridgehead atoms. The van der Waals surface area contributed by atoms with Gasteiger partial charge >= 0.3 is 0 Å². The van der Waals surface area contributed by atoms with Crippen molar-refractivity contribution in [3.05, 3.63) is 47.5 Å². The molecule has 0 saturated heterocycles. The van der Waals surface area contributed by atoms with Gasteiger partial charge in [0.15, 0.2) is 11.5 Å². The van der Waals surface area contributed by atoms with Crippen molar-refractivity contribution in [1.29, 1.82) is 0 Å². The fraction of sp³-hybridized carbons (Fsp3) is 0.429. The smallest absolute Gasteiger partial charge is 0.200 e. The van der Waals surface area contributed by atoms with Gasteiger partial charge in [-0.15, -0.1) is 0 Å². The maximum Gasteiger partial charge on any atom is 0.200 e. The number of aliphatic hydroxyl groups excluding tert-OH is 2. The monoisotopic (exact) mass is 376 g/mol. The normalized spacial score (nSPS) is 13.2. The number of hydrogen-bond donors (Lipinski definition) is 4. The number of hydrogen-bond acceptors (Lipinski definition) is 6. The fourth-order valence-corrected chi connectivity index (χ4v) is 2.97. The molecule has 0 aromatic heterocycles. The van der Waals surface area contributed by atoms with Gasteiger partial charge in [0.2, 0.25) is 5.75 Å². The van der Waals surface area contributed by atoms with E-state index in [1.807, 2.05) is 12.1 Å². The highest BCUT2D eigenvalue weighted by atomic mass is 16.5. The van der Waals surface area contributed by atoms with E-state index in [-0.39, 0.29) is 11.5 Å². The lowest BCUT2D eigenvalue weighted by Crippen LogP contribution is -2.19. The minimum atomic E-state index is -0.634. The van der Waals surface area contributed by atoms with E-state index >= 15 is 0 Å². The fourth-order valence-electron chi connectivity index (χ4n) is 2.97. The first kappa shape index (κ1) is 20.9. The largest absolute Gasteiger partial charge is 0.508 e. The van der Waals surface area contributed by atoms with E-state index in [1.165, 1.54) is 14.2 Å². The molecule has 0 radical (unpaired) electrons. The van der Waals surface area contributed by atoms with Gasteiger partial charge in [0.25, 0.3) is 0 Å². The van der Waals surface area contributed by atoms with E-state index in [4.69, 9.17) is 9.47 Å². The van der Waals surface area contributed by atoms with Crippen molar-refractivity contribution >= 4 is 0 Å². The Bertz CT molecular complexity index is 688. The molecule has 148 valence electrons. The van der Waals surface area contributed by atoms with E-state index in [9.17, 15) is 20.4 Å². The van der Waals surface area contributed by atoms with Gasteiger partial charge < -0.3 is 29.9 Å². The lowest BCUT2D eigenvalue weighted by Gasteiger charge is -2.16. The number of methoxy groups -OCH3 is 2. The highest BCUT2D eigenvalue weighted by Gasteiger charge is 2.15. The molecule has 0 spiro atoms. The van der Waals surface area contributed by atoms with Crippen molar-refractivity contribution < 1.29 is 29.9 Å². The standard InChI is InChI=1S/C21H28O6/c1-26-19-11-15(12-20(27-2)21(19)25)6-10-18(24)13-17(23)9-5-14-3-7-16(22)8-4-14/h3-4,7-8,11-12,17-18,22-25H,5-6,9-10,13H2,1-2H3/t17-,18+/m0/s1. The molecule has 2 rings (SSSR count). The molecule has 0 aliphatic carbocycles. The molecule has 0 fully saturated rings. The first-order chi connectivity index (χ1) is 12.9. The van der Waals surface area contributed by atoms with Gasteiger partial charge in [-0.1, -0.05) is 12.1 Å². The van der Waals surface area contributed by atoms with E-state index < -0.39 is 12.2 Å². The van der Waals surface area contributed by atoms with Crippen molar-refractivity contribution in [2.45, 2.75) is 44.3 Å².